The highest BCUT2D eigenvalue weighted by Crippen LogP contribution is 2.20. The molecular weight excluding hydrogens is 320 g/mol. The number of carbonyl (C=O) groups is 1. The van der Waals surface area contributed by atoms with Crippen LogP contribution in [-0.4, -0.2) is 10.8 Å². The second-order valence-electron chi connectivity index (χ2n) is 4.60. The third kappa shape index (κ3) is 3.98. The number of carbonyl (C=O) groups excluding carboxylic acids is 1. The fraction of sp³-hybridized carbons (Fsp3) is 0. The predicted octanol–water partition coefficient (Wildman–Crippen LogP) is 3.42. The monoisotopic (exact) mass is 329 g/mol. The molecule has 1 N–H and O–H groups in total. The van der Waals surface area contributed by atoms with Crippen LogP contribution in [0.5, 0.6) is 0 Å². The third-order valence-electron chi connectivity index (χ3n) is 2.95. The van der Waals surface area contributed by atoms with Crippen molar-refractivity contribution < 1.29 is 18.5 Å². The second-order valence-corrected chi connectivity index (χ2v) is 4.60. The molecule has 0 spiro atoms. The van der Waals surface area contributed by atoms with Crippen LogP contribution in [0.15, 0.2) is 48.0 Å². The number of nitriles is 1. The van der Waals surface area contributed by atoms with Gasteiger partial charge in [0.25, 0.3) is 5.91 Å². The van der Waals surface area contributed by atoms with Gasteiger partial charge in [-0.1, -0.05) is 6.07 Å². The van der Waals surface area contributed by atoms with Crippen molar-refractivity contribution in [1.82, 2.24) is 0 Å². The number of nitro groups is 1. The number of hydrogen-bond acceptors (Lipinski definition) is 4. The molecule has 0 radical (unpaired) electrons. The molecule has 0 aliphatic carbocycles. The van der Waals surface area contributed by atoms with Crippen molar-refractivity contribution in [2.75, 3.05) is 5.32 Å². The lowest BCUT2D eigenvalue weighted by Gasteiger charge is -2.04. The fourth-order valence-corrected chi connectivity index (χ4v) is 1.81. The van der Waals surface area contributed by atoms with Crippen molar-refractivity contribution in [2.24, 2.45) is 0 Å². The zero-order chi connectivity index (χ0) is 17.7. The van der Waals surface area contributed by atoms with E-state index in [1.54, 1.807) is 6.07 Å². The van der Waals surface area contributed by atoms with E-state index in [2.05, 4.69) is 5.32 Å². The maximum atomic E-state index is 13.3. The molecule has 6 nitrogen and oxygen atoms in total. The standard InChI is InChI=1S/C16H9F2N3O3/c17-12-2-4-13(5-3-12)20-16(22)11(9-19)7-10-1-6-14(18)15(8-10)21(23)24/h1-8H,(H,20,22)/b11-7+. The Bertz CT molecular complexity index is 871. The van der Waals surface area contributed by atoms with Gasteiger partial charge in [0.2, 0.25) is 5.82 Å². The molecular formula is C16H9F2N3O3. The molecule has 0 bridgehead atoms. The number of anilines is 1. The van der Waals surface area contributed by atoms with E-state index >= 15 is 0 Å². The van der Waals surface area contributed by atoms with Gasteiger partial charge in [-0.3, -0.25) is 14.9 Å². The van der Waals surface area contributed by atoms with Crippen molar-refractivity contribution in [3.8, 4) is 6.07 Å². The highest BCUT2D eigenvalue weighted by molar-refractivity contribution is 6.09. The van der Waals surface area contributed by atoms with Crippen molar-refractivity contribution >= 4 is 23.4 Å². The van der Waals surface area contributed by atoms with E-state index in [9.17, 15) is 23.7 Å². The summed E-state index contributed by atoms with van der Waals surface area (Å²) in [5, 5.41) is 22.2. The molecule has 24 heavy (non-hydrogen) atoms. The number of nitrogens with one attached hydrogen (secondary N) is 1. The van der Waals surface area contributed by atoms with Gasteiger partial charge in [-0.2, -0.15) is 9.65 Å². The number of nitrogens with zero attached hydrogens (tertiary/aromatic N) is 2. The van der Waals surface area contributed by atoms with Gasteiger partial charge in [-0.25, -0.2) is 4.39 Å². The molecule has 0 aliphatic rings. The Hall–Kier alpha value is -3.60. The summed E-state index contributed by atoms with van der Waals surface area (Å²) in [7, 11) is 0. The lowest BCUT2D eigenvalue weighted by molar-refractivity contribution is -0.387. The summed E-state index contributed by atoms with van der Waals surface area (Å²) >= 11 is 0. The number of halogens is 2. The Morgan fingerprint density at radius 3 is 2.46 bits per heavy atom. The highest BCUT2D eigenvalue weighted by Gasteiger charge is 2.15. The van der Waals surface area contributed by atoms with Gasteiger partial charge in [0, 0.05) is 11.8 Å². The lowest BCUT2D eigenvalue weighted by atomic mass is 10.1. The molecule has 0 saturated heterocycles. The summed E-state index contributed by atoms with van der Waals surface area (Å²) in [6.45, 7) is 0. The Labute approximate surface area is 134 Å². The minimum absolute atomic E-state index is 0.119. The van der Waals surface area contributed by atoms with Crippen molar-refractivity contribution in [1.29, 1.82) is 5.26 Å². The van der Waals surface area contributed by atoms with Gasteiger partial charge in [0.05, 0.1) is 4.92 Å². The molecule has 0 heterocycles. The molecule has 2 aromatic carbocycles. The van der Waals surface area contributed by atoms with Crippen molar-refractivity contribution in [3.63, 3.8) is 0 Å². The number of benzene rings is 2. The average molecular weight is 329 g/mol. The van der Waals surface area contributed by atoms with Crippen molar-refractivity contribution in [2.45, 2.75) is 0 Å². The van der Waals surface area contributed by atoms with E-state index in [0.29, 0.717) is 0 Å². The van der Waals surface area contributed by atoms with Gasteiger partial charge < -0.3 is 5.32 Å². The summed E-state index contributed by atoms with van der Waals surface area (Å²) in [5.41, 5.74) is -0.721. The van der Waals surface area contributed by atoms with Gasteiger partial charge in [0.1, 0.15) is 17.5 Å². The summed E-state index contributed by atoms with van der Waals surface area (Å²) in [6.07, 6.45) is 1.09. The summed E-state index contributed by atoms with van der Waals surface area (Å²) in [5.74, 6) is -2.29. The van der Waals surface area contributed by atoms with E-state index in [1.807, 2.05) is 0 Å². The molecule has 2 aromatic rings. The average Bonchev–Trinajstić information content (AvgIpc) is 2.55. The normalized spacial score (nSPS) is 10.8. The fourth-order valence-electron chi connectivity index (χ4n) is 1.81. The largest absolute Gasteiger partial charge is 0.321 e. The zero-order valence-corrected chi connectivity index (χ0v) is 12.0. The molecule has 120 valence electrons. The molecule has 1 amide bonds. The maximum Gasteiger partial charge on any atom is 0.305 e. The van der Waals surface area contributed by atoms with E-state index < -0.39 is 28.2 Å². The first-order valence-electron chi connectivity index (χ1n) is 6.53. The molecule has 2 rings (SSSR count). The summed E-state index contributed by atoms with van der Waals surface area (Å²) in [6, 6.07) is 9.53. The molecule has 0 aromatic heterocycles. The Kier molecular flexibility index (Phi) is 4.96. The summed E-state index contributed by atoms with van der Waals surface area (Å²) in [4.78, 5) is 21.8. The van der Waals surface area contributed by atoms with Crippen LogP contribution in [0.1, 0.15) is 5.56 Å². The topological polar surface area (TPSA) is 96.0 Å². The van der Waals surface area contributed by atoms with Gasteiger partial charge >= 0.3 is 5.69 Å². The lowest BCUT2D eigenvalue weighted by Crippen LogP contribution is -2.13. The molecule has 0 aliphatic heterocycles. The van der Waals surface area contributed by atoms with Gasteiger partial charge in [-0.05, 0) is 42.0 Å². The number of rotatable bonds is 4. The molecule has 8 heteroatoms. The molecule has 0 atom stereocenters. The van der Waals surface area contributed by atoms with Gasteiger partial charge in [-0.15, -0.1) is 0 Å². The highest BCUT2D eigenvalue weighted by atomic mass is 19.1. The molecule has 0 saturated carbocycles. The van der Waals surface area contributed by atoms with Crippen LogP contribution in [0, 0.1) is 33.1 Å². The van der Waals surface area contributed by atoms with Crippen LogP contribution in [0.4, 0.5) is 20.2 Å². The van der Waals surface area contributed by atoms with Gasteiger partial charge in [0.15, 0.2) is 0 Å². The SMILES string of the molecule is N#C/C(=C\c1ccc(F)c([N+](=O)[O-])c1)C(=O)Nc1ccc(F)cc1. The van der Waals surface area contributed by atoms with Crippen LogP contribution >= 0.6 is 0 Å². The van der Waals surface area contributed by atoms with Crippen LogP contribution in [-0.2, 0) is 4.79 Å². The van der Waals surface area contributed by atoms with Crippen LogP contribution < -0.4 is 5.32 Å². The number of nitro benzene ring substituents is 1. The molecule has 0 unspecified atom stereocenters. The van der Waals surface area contributed by atoms with E-state index in [4.69, 9.17) is 5.26 Å². The Morgan fingerprint density at radius 1 is 1.21 bits per heavy atom. The Balaban J connectivity index is 2.27. The quantitative estimate of drug-likeness (QED) is 0.402. The van der Waals surface area contributed by atoms with E-state index in [1.165, 1.54) is 18.2 Å². The number of amides is 1. The van der Waals surface area contributed by atoms with Crippen LogP contribution in [0.3, 0.4) is 0 Å². The smallest absolute Gasteiger partial charge is 0.305 e. The van der Waals surface area contributed by atoms with E-state index in [0.717, 1.165) is 30.3 Å². The van der Waals surface area contributed by atoms with Crippen molar-refractivity contribution in [3.05, 3.63) is 75.3 Å². The number of hydrogen-bond donors (Lipinski definition) is 1. The van der Waals surface area contributed by atoms with Crippen LogP contribution in [0.2, 0.25) is 0 Å². The maximum absolute atomic E-state index is 13.3. The first-order chi connectivity index (χ1) is 11.4. The van der Waals surface area contributed by atoms with E-state index in [-0.39, 0.29) is 16.8 Å². The third-order valence-corrected chi connectivity index (χ3v) is 2.95. The Morgan fingerprint density at radius 2 is 1.88 bits per heavy atom. The summed E-state index contributed by atoms with van der Waals surface area (Å²) < 4.78 is 26.1. The first kappa shape index (κ1) is 16.8. The minimum atomic E-state index is -1.02. The predicted molar refractivity (Wildman–Crippen MR) is 81.7 cm³/mol. The zero-order valence-electron chi connectivity index (χ0n) is 12.0. The molecule has 0 fully saturated rings. The minimum Gasteiger partial charge on any atom is -0.321 e. The first-order valence-corrected chi connectivity index (χ1v) is 6.53. The van der Waals surface area contributed by atoms with Crippen LogP contribution in [0.25, 0.3) is 6.08 Å². The second kappa shape index (κ2) is 7.11.